The molecule has 102 valence electrons. The molecule has 1 atom stereocenters. The van der Waals surface area contributed by atoms with Crippen LogP contribution in [-0.2, 0) is 6.54 Å². The summed E-state index contributed by atoms with van der Waals surface area (Å²) in [6.45, 7) is 5.26. The van der Waals surface area contributed by atoms with Crippen LogP contribution in [0.2, 0.25) is 5.02 Å². The van der Waals surface area contributed by atoms with E-state index in [1.54, 1.807) is 11.3 Å². The van der Waals surface area contributed by atoms with Gasteiger partial charge in [0.05, 0.1) is 0 Å². The molecule has 0 saturated carbocycles. The van der Waals surface area contributed by atoms with Crippen molar-refractivity contribution in [2.45, 2.75) is 26.4 Å². The predicted octanol–water partition coefficient (Wildman–Crippen LogP) is 5.65. The van der Waals surface area contributed by atoms with Gasteiger partial charge in [-0.1, -0.05) is 53.5 Å². The van der Waals surface area contributed by atoms with Gasteiger partial charge in [-0.15, -0.1) is 11.3 Å². The highest BCUT2D eigenvalue weighted by Crippen LogP contribution is 2.27. The summed E-state index contributed by atoms with van der Waals surface area (Å²) in [5.74, 6) is 0.549. The van der Waals surface area contributed by atoms with E-state index in [4.69, 9.17) is 11.6 Å². The Labute approximate surface area is 132 Å². The van der Waals surface area contributed by atoms with Gasteiger partial charge in [0.15, 0.2) is 0 Å². The van der Waals surface area contributed by atoms with Gasteiger partial charge in [-0.2, -0.15) is 0 Å². The summed E-state index contributed by atoms with van der Waals surface area (Å²) in [6, 6.07) is 10.7. The number of nitrogens with one attached hydrogen (secondary N) is 1. The third kappa shape index (κ3) is 4.06. The second-order valence-corrected chi connectivity index (χ2v) is 7.16. The van der Waals surface area contributed by atoms with Gasteiger partial charge >= 0.3 is 0 Å². The minimum atomic E-state index is 0.375. The first-order valence-electron chi connectivity index (χ1n) is 6.28. The monoisotopic (exact) mass is 357 g/mol. The van der Waals surface area contributed by atoms with Gasteiger partial charge in [-0.05, 0) is 35.1 Å². The molecular weight excluding hydrogens is 342 g/mol. The van der Waals surface area contributed by atoms with Crippen LogP contribution in [0.5, 0.6) is 0 Å². The average molecular weight is 359 g/mol. The zero-order chi connectivity index (χ0) is 13.8. The van der Waals surface area contributed by atoms with Crippen LogP contribution in [0.15, 0.2) is 40.2 Å². The molecule has 2 rings (SSSR count). The molecule has 1 aromatic heterocycles. The molecule has 1 N–H and O–H groups in total. The number of rotatable bonds is 5. The van der Waals surface area contributed by atoms with Crippen molar-refractivity contribution in [3.63, 3.8) is 0 Å². The van der Waals surface area contributed by atoms with Gasteiger partial charge in [-0.3, -0.25) is 0 Å². The van der Waals surface area contributed by atoms with E-state index in [1.165, 1.54) is 4.88 Å². The van der Waals surface area contributed by atoms with Crippen LogP contribution in [0.25, 0.3) is 0 Å². The van der Waals surface area contributed by atoms with E-state index in [0.29, 0.717) is 12.0 Å². The number of hydrogen-bond donors (Lipinski definition) is 1. The van der Waals surface area contributed by atoms with Crippen LogP contribution in [0.3, 0.4) is 0 Å². The third-order valence-corrected chi connectivity index (χ3v) is 4.84. The van der Waals surface area contributed by atoms with Gasteiger partial charge in [0.2, 0.25) is 0 Å². The highest BCUT2D eigenvalue weighted by Gasteiger charge is 2.16. The highest BCUT2D eigenvalue weighted by molar-refractivity contribution is 9.10. The number of hydrogen-bond acceptors (Lipinski definition) is 2. The van der Waals surface area contributed by atoms with Gasteiger partial charge in [0.25, 0.3) is 0 Å². The van der Waals surface area contributed by atoms with Gasteiger partial charge < -0.3 is 5.32 Å². The molecule has 1 aromatic carbocycles. The Hall–Kier alpha value is -0.350. The standard InChI is InChI=1S/C15H17BrClNS/c1-10(2)15(14-4-3-7-19-14)18-9-11-5-6-12(16)8-13(11)17/h3-8,10,15,18H,9H2,1-2H3. The fourth-order valence-electron chi connectivity index (χ4n) is 2.02. The number of halogens is 2. The van der Waals surface area contributed by atoms with Crippen LogP contribution in [0.1, 0.15) is 30.3 Å². The van der Waals surface area contributed by atoms with Crippen LogP contribution < -0.4 is 5.32 Å². The average Bonchev–Trinajstić information content (AvgIpc) is 2.85. The summed E-state index contributed by atoms with van der Waals surface area (Å²) >= 11 is 11.5. The minimum absolute atomic E-state index is 0.375. The van der Waals surface area contributed by atoms with E-state index in [-0.39, 0.29) is 0 Å². The molecule has 1 heterocycles. The molecule has 0 aliphatic rings. The largest absolute Gasteiger partial charge is 0.305 e. The lowest BCUT2D eigenvalue weighted by molar-refractivity contribution is 0.416. The molecular formula is C15H17BrClNS. The van der Waals surface area contributed by atoms with Crippen LogP contribution in [0, 0.1) is 5.92 Å². The van der Waals surface area contributed by atoms with E-state index in [0.717, 1.165) is 21.6 Å². The molecule has 1 nitrogen and oxygen atoms in total. The second kappa shape index (κ2) is 6.89. The first-order chi connectivity index (χ1) is 9.08. The van der Waals surface area contributed by atoms with Crippen molar-refractivity contribution >= 4 is 38.9 Å². The van der Waals surface area contributed by atoms with E-state index < -0.39 is 0 Å². The van der Waals surface area contributed by atoms with Gasteiger partial charge in [-0.25, -0.2) is 0 Å². The van der Waals surface area contributed by atoms with Gasteiger partial charge in [0, 0.05) is 27.0 Å². The van der Waals surface area contributed by atoms with E-state index in [9.17, 15) is 0 Å². The molecule has 0 saturated heterocycles. The van der Waals surface area contributed by atoms with Crippen molar-refractivity contribution in [1.29, 1.82) is 0 Å². The van der Waals surface area contributed by atoms with Crippen molar-refractivity contribution in [1.82, 2.24) is 5.32 Å². The van der Waals surface area contributed by atoms with Crippen molar-refractivity contribution in [2.24, 2.45) is 5.92 Å². The molecule has 0 radical (unpaired) electrons. The summed E-state index contributed by atoms with van der Waals surface area (Å²) in [4.78, 5) is 1.38. The zero-order valence-electron chi connectivity index (χ0n) is 11.0. The summed E-state index contributed by atoms with van der Waals surface area (Å²) < 4.78 is 1.01. The lowest BCUT2D eigenvalue weighted by Gasteiger charge is -2.21. The first-order valence-corrected chi connectivity index (χ1v) is 8.33. The topological polar surface area (TPSA) is 12.0 Å². The molecule has 0 aliphatic carbocycles. The first kappa shape index (κ1) is 15.0. The molecule has 1 unspecified atom stereocenters. The maximum Gasteiger partial charge on any atom is 0.0462 e. The van der Waals surface area contributed by atoms with E-state index >= 15 is 0 Å². The summed E-state index contributed by atoms with van der Waals surface area (Å²) in [7, 11) is 0. The molecule has 19 heavy (non-hydrogen) atoms. The fraction of sp³-hybridized carbons (Fsp3) is 0.333. The smallest absolute Gasteiger partial charge is 0.0462 e. The molecule has 4 heteroatoms. The van der Waals surface area contributed by atoms with Crippen LogP contribution in [-0.4, -0.2) is 0 Å². The molecule has 0 fully saturated rings. The Kier molecular flexibility index (Phi) is 5.46. The fourth-order valence-corrected chi connectivity index (χ4v) is 3.73. The van der Waals surface area contributed by atoms with Crippen LogP contribution >= 0.6 is 38.9 Å². The zero-order valence-corrected chi connectivity index (χ0v) is 14.1. The highest BCUT2D eigenvalue weighted by atomic mass is 79.9. The van der Waals surface area contributed by atoms with Crippen molar-refractivity contribution < 1.29 is 0 Å². The molecule has 2 aromatic rings. The molecule has 0 amide bonds. The quantitative estimate of drug-likeness (QED) is 0.728. The van der Waals surface area contributed by atoms with E-state index in [2.05, 4.69) is 58.7 Å². The number of benzene rings is 1. The van der Waals surface area contributed by atoms with Crippen LogP contribution in [0.4, 0.5) is 0 Å². The number of thiophene rings is 1. The Morgan fingerprint density at radius 2 is 2.11 bits per heavy atom. The van der Waals surface area contributed by atoms with Crippen molar-refractivity contribution in [3.8, 4) is 0 Å². The SMILES string of the molecule is CC(C)C(NCc1ccc(Br)cc1Cl)c1cccs1. The summed E-state index contributed by atoms with van der Waals surface area (Å²) in [5.41, 5.74) is 1.13. The third-order valence-electron chi connectivity index (χ3n) is 3.04. The van der Waals surface area contributed by atoms with E-state index in [1.807, 2.05) is 12.1 Å². The Morgan fingerprint density at radius 1 is 1.32 bits per heavy atom. The Morgan fingerprint density at radius 3 is 2.68 bits per heavy atom. The lowest BCUT2D eigenvalue weighted by atomic mass is 10.0. The maximum atomic E-state index is 6.25. The molecule has 0 bridgehead atoms. The minimum Gasteiger partial charge on any atom is -0.305 e. The predicted molar refractivity (Wildman–Crippen MR) is 87.9 cm³/mol. The second-order valence-electron chi connectivity index (χ2n) is 4.85. The molecule has 0 aliphatic heterocycles. The normalized spacial score (nSPS) is 12.9. The van der Waals surface area contributed by atoms with Crippen molar-refractivity contribution in [3.05, 3.63) is 55.6 Å². The van der Waals surface area contributed by atoms with Gasteiger partial charge in [0.1, 0.15) is 0 Å². The maximum absolute atomic E-state index is 6.25. The Bertz CT molecular complexity index is 525. The molecule has 0 spiro atoms. The summed E-state index contributed by atoms with van der Waals surface area (Å²) in [6.07, 6.45) is 0. The summed E-state index contributed by atoms with van der Waals surface area (Å²) in [5, 5.41) is 6.53. The van der Waals surface area contributed by atoms with Crippen molar-refractivity contribution in [2.75, 3.05) is 0 Å². The lowest BCUT2D eigenvalue weighted by Crippen LogP contribution is -2.24. The Balaban J connectivity index is 2.07.